The van der Waals surface area contributed by atoms with Gasteiger partial charge in [0, 0.05) is 61.7 Å². The number of aromatic amines is 1. The minimum atomic E-state index is -1.20. The van der Waals surface area contributed by atoms with Gasteiger partial charge in [0.05, 0.1) is 33.4 Å². The highest BCUT2D eigenvalue weighted by Crippen LogP contribution is 2.39. The van der Waals surface area contributed by atoms with Crippen LogP contribution in [0.3, 0.4) is 0 Å². The molecule has 59 heavy (non-hydrogen) atoms. The van der Waals surface area contributed by atoms with E-state index in [4.69, 9.17) is 9.26 Å². The van der Waals surface area contributed by atoms with Crippen LogP contribution in [0.4, 0.5) is 0 Å². The third-order valence-corrected chi connectivity index (χ3v) is 13.1. The van der Waals surface area contributed by atoms with Gasteiger partial charge in [0.25, 0.3) is 5.88 Å². The lowest BCUT2D eigenvalue weighted by Gasteiger charge is -2.37. The monoisotopic (exact) mass is 818 g/mol. The number of aromatic nitrogens is 5. The topological polar surface area (TPSA) is 183 Å². The zero-order valence-corrected chi connectivity index (χ0v) is 35.0. The van der Waals surface area contributed by atoms with Crippen LogP contribution in [0.25, 0.3) is 32.7 Å². The lowest BCUT2D eigenvalue weighted by Crippen LogP contribution is -2.55. The Morgan fingerprint density at radius 2 is 1.88 bits per heavy atom. The van der Waals surface area contributed by atoms with Crippen molar-refractivity contribution in [2.75, 3.05) is 26.2 Å². The van der Waals surface area contributed by atoms with Crippen molar-refractivity contribution in [1.82, 2.24) is 40.4 Å². The molecule has 0 bridgehead atoms. The summed E-state index contributed by atoms with van der Waals surface area (Å²) in [7, 11) is 0. The quantitative estimate of drug-likeness (QED) is 0.112. The fourth-order valence-electron chi connectivity index (χ4n) is 8.23. The highest BCUT2D eigenvalue weighted by atomic mass is 32.1. The van der Waals surface area contributed by atoms with Gasteiger partial charge in [0.2, 0.25) is 11.8 Å². The first kappa shape index (κ1) is 40.2. The molecule has 308 valence electrons. The van der Waals surface area contributed by atoms with Crippen LogP contribution in [0.2, 0.25) is 0 Å². The number of nitrogens with zero attached hydrogens (tertiary/aromatic N) is 6. The van der Waals surface area contributed by atoms with E-state index in [1.54, 1.807) is 36.5 Å². The molecular weight excluding hydrogens is 769 g/mol. The number of benzene rings is 2. The summed E-state index contributed by atoms with van der Waals surface area (Å²) in [5, 5.41) is 38.3. The maximum Gasteiger partial charge on any atom is 0.254 e. The van der Waals surface area contributed by atoms with Gasteiger partial charge < -0.3 is 34.7 Å². The normalized spacial score (nSPS) is 18.3. The largest absolute Gasteiger partial charge is 0.507 e. The Morgan fingerprint density at radius 3 is 2.61 bits per heavy atom. The van der Waals surface area contributed by atoms with Gasteiger partial charge in [-0.3, -0.25) is 14.5 Å². The number of aliphatic hydroxyl groups excluding tert-OH is 1. The molecule has 0 unspecified atom stereocenters. The number of rotatable bonds is 12. The lowest BCUT2D eigenvalue weighted by atomic mass is 9.75. The van der Waals surface area contributed by atoms with E-state index >= 15 is 0 Å². The molecular formula is C44H50N8O6S. The molecule has 0 saturated carbocycles. The summed E-state index contributed by atoms with van der Waals surface area (Å²) in [6.07, 6.45) is 0.0772. The molecule has 15 heteroatoms. The molecule has 3 atom stereocenters. The van der Waals surface area contributed by atoms with Crippen molar-refractivity contribution in [3.05, 3.63) is 94.4 Å². The Balaban J connectivity index is 0.914. The van der Waals surface area contributed by atoms with Crippen molar-refractivity contribution in [1.29, 1.82) is 0 Å². The summed E-state index contributed by atoms with van der Waals surface area (Å²) in [4.78, 5) is 41.2. The predicted octanol–water partition coefficient (Wildman–Crippen LogP) is 6.11. The zero-order chi connectivity index (χ0) is 41.6. The van der Waals surface area contributed by atoms with E-state index < -0.39 is 23.1 Å². The van der Waals surface area contributed by atoms with Crippen LogP contribution >= 0.6 is 11.3 Å². The van der Waals surface area contributed by atoms with Crippen molar-refractivity contribution < 1.29 is 29.1 Å². The number of hydrogen-bond donors (Lipinski definition) is 4. The molecule has 1 fully saturated rings. The molecule has 0 aliphatic carbocycles. The van der Waals surface area contributed by atoms with Gasteiger partial charge in [-0.2, -0.15) is 0 Å². The number of fused-ring (bicyclic) bond motifs is 3. The summed E-state index contributed by atoms with van der Waals surface area (Å²) in [5.41, 5.74) is 7.04. The number of thiazole rings is 1. The molecule has 2 amide bonds. The Bertz CT molecular complexity index is 2490. The van der Waals surface area contributed by atoms with Crippen LogP contribution in [0, 0.1) is 12.8 Å². The van der Waals surface area contributed by atoms with E-state index in [2.05, 4.69) is 35.5 Å². The van der Waals surface area contributed by atoms with E-state index in [9.17, 15) is 19.8 Å². The van der Waals surface area contributed by atoms with Crippen LogP contribution in [0.1, 0.15) is 69.3 Å². The number of phenols is 1. The summed E-state index contributed by atoms with van der Waals surface area (Å²) >= 11 is 1.59. The molecule has 6 aromatic rings. The molecule has 14 nitrogen and oxygen atoms in total. The number of amides is 2. The number of para-hydroxylation sites is 1. The maximum atomic E-state index is 14.6. The number of carbonyl (C=O) groups is 2. The second kappa shape index (κ2) is 15.8. The predicted molar refractivity (Wildman–Crippen MR) is 224 cm³/mol. The Kier molecular flexibility index (Phi) is 10.8. The molecule has 6 heterocycles. The fraction of sp³-hybridized carbons (Fsp3) is 0.409. The number of H-pyrrole nitrogens is 1. The number of likely N-dealkylation sites (tertiary alicyclic amines) is 1. The minimum Gasteiger partial charge on any atom is -0.507 e. The Morgan fingerprint density at radius 1 is 1.10 bits per heavy atom. The number of aliphatic hydroxyl groups is 1. The van der Waals surface area contributed by atoms with Crippen molar-refractivity contribution in [2.24, 2.45) is 5.92 Å². The highest BCUT2D eigenvalue weighted by molar-refractivity contribution is 7.13. The third-order valence-electron chi connectivity index (χ3n) is 12.1. The molecule has 2 aliphatic heterocycles. The first-order valence-electron chi connectivity index (χ1n) is 20.0. The number of phenolic OH excluding ortho intramolecular Hbond substituents is 1. The van der Waals surface area contributed by atoms with Gasteiger partial charge in [-0.05, 0) is 73.7 Å². The highest BCUT2D eigenvalue weighted by Gasteiger charge is 2.50. The average Bonchev–Trinajstić information content (AvgIpc) is 4.03. The number of β-amino-alcohol motifs (C(OH)–C–C–N with tert-alkyl or cyclic N) is 1. The smallest absolute Gasteiger partial charge is 0.254 e. The maximum absolute atomic E-state index is 14.6. The van der Waals surface area contributed by atoms with E-state index in [0.717, 1.165) is 51.3 Å². The summed E-state index contributed by atoms with van der Waals surface area (Å²) in [5.74, 6) is -0.165. The standard InChI is InChI=1S/C44H50N8O6S/c1-25(2)44(6,42(56)52-22-29(53)19-35(52)41(55)47-43(4,5)28-13-11-27(12-14-28)39-26(3)45-24-59-39)37-21-38(50-58-37)57-18-17-51-16-15-33-32(23-51)31-20-34(48-49-40(31)46-33)30-9-7-8-10-36(30)54/h7-14,20-21,24-25,29,35,53-54H,15-19,22-23H2,1-6H3,(H,46,49)(H,47,55)/t29-,35+,44+/m1/s1. The number of aryl methyl sites for hydroxylation is 1. The van der Waals surface area contributed by atoms with Gasteiger partial charge in [-0.25, -0.2) is 4.98 Å². The van der Waals surface area contributed by atoms with Crippen molar-refractivity contribution >= 4 is 34.2 Å². The van der Waals surface area contributed by atoms with Gasteiger partial charge in [0.15, 0.2) is 11.4 Å². The third kappa shape index (κ3) is 7.70. The van der Waals surface area contributed by atoms with E-state index in [-0.39, 0.29) is 42.3 Å². The van der Waals surface area contributed by atoms with E-state index in [1.807, 2.05) is 82.6 Å². The van der Waals surface area contributed by atoms with Gasteiger partial charge in [0.1, 0.15) is 23.8 Å². The molecule has 0 spiro atoms. The van der Waals surface area contributed by atoms with Crippen LogP contribution in [-0.4, -0.2) is 95.5 Å². The Labute approximate surface area is 346 Å². The average molecular weight is 819 g/mol. The van der Waals surface area contributed by atoms with Crippen LogP contribution in [-0.2, 0) is 33.5 Å². The fourth-order valence-corrected chi connectivity index (χ4v) is 9.04. The molecule has 8 rings (SSSR count). The zero-order valence-electron chi connectivity index (χ0n) is 34.2. The molecule has 4 N–H and O–H groups in total. The minimum absolute atomic E-state index is 0.0244. The van der Waals surface area contributed by atoms with Gasteiger partial charge >= 0.3 is 0 Å². The lowest BCUT2D eigenvalue weighted by molar-refractivity contribution is -0.145. The Hall–Kier alpha value is -5.64. The van der Waals surface area contributed by atoms with Crippen molar-refractivity contribution in [3.8, 4) is 33.3 Å². The summed E-state index contributed by atoms with van der Waals surface area (Å²) in [6.45, 7) is 14.0. The number of aromatic hydroxyl groups is 1. The van der Waals surface area contributed by atoms with Gasteiger partial charge in [-0.1, -0.05) is 50.2 Å². The summed E-state index contributed by atoms with van der Waals surface area (Å²) < 4.78 is 11.9. The number of nitrogens with one attached hydrogen (secondary N) is 2. The van der Waals surface area contributed by atoms with Crippen LogP contribution in [0.15, 0.2) is 70.7 Å². The SMILES string of the molecule is Cc1ncsc1-c1ccc(C(C)(C)NC(=O)[C@@H]2C[C@@H](O)CN2C(=O)[C@](C)(c2cc(OCCN3CCc4[nH]c5nnc(-c6ccccc6O)cc5c4C3)no2)C(C)C)cc1. The molecule has 2 aliphatic rings. The molecule has 1 saturated heterocycles. The molecule has 2 aromatic carbocycles. The number of carbonyl (C=O) groups excluding carboxylic acids is 2. The first-order valence-corrected chi connectivity index (χ1v) is 20.9. The van der Waals surface area contributed by atoms with Crippen molar-refractivity contribution in [2.45, 2.75) is 84.0 Å². The molecule has 4 aromatic heterocycles. The number of hydrogen-bond acceptors (Lipinski definition) is 12. The van der Waals surface area contributed by atoms with E-state index in [1.165, 1.54) is 4.90 Å². The molecule has 0 radical (unpaired) electrons. The van der Waals surface area contributed by atoms with Crippen molar-refractivity contribution in [3.63, 3.8) is 0 Å². The summed E-state index contributed by atoms with van der Waals surface area (Å²) in [6, 6.07) is 17.9. The first-order chi connectivity index (χ1) is 28.2. The second-order valence-electron chi connectivity index (χ2n) is 16.7. The van der Waals surface area contributed by atoms with Crippen LogP contribution < -0.4 is 10.1 Å². The van der Waals surface area contributed by atoms with Crippen LogP contribution in [0.5, 0.6) is 11.6 Å². The van der Waals surface area contributed by atoms with E-state index in [0.29, 0.717) is 42.4 Å². The second-order valence-corrected chi connectivity index (χ2v) is 17.5. The van der Waals surface area contributed by atoms with Gasteiger partial charge in [-0.15, -0.1) is 21.5 Å². The number of ether oxygens (including phenoxy) is 1.